The maximum Gasteiger partial charge on any atom is 0.243 e. The Bertz CT molecular complexity index is 391. The van der Waals surface area contributed by atoms with E-state index in [2.05, 4.69) is 49.8 Å². The van der Waals surface area contributed by atoms with Crippen molar-refractivity contribution in [1.82, 2.24) is 15.1 Å². The molecule has 0 atom stereocenters. The number of carbonyl (C=O) groups excluding carboxylic acids is 1. The quantitative estimate of drug-likeness (QED) is 0.439. The van der Waals surface area contributed by atoms with Gasteiger partial charge in [-0.1, -0.05) is 20.8 Å². The summed E-state index contributed by atoms with van der Waals surface area (Å²) in [6.45, 7) is 13.2. The molecule has 0 saturated carbocycles. The van der Waals surface area contributed by atoms with Crippen LogP contribution in [0.1, 0.15) is 41.0 Å². The van der Waals surface area contributed by atoms with Gasteiger partial charge in [-0.3, -0.25) is 4.79 Å². The highest BCUT2D eigenvalue weighted by molar-refractivity contribution is 14.0. The third-order valence-electron chi connectivity index (χ3n) is 4.54. The predicted molar refractivity (Wildman–Crippen MR) is 99.3 cm³/mol. The van der Waals surface area contributed by atoms with Gasteiger partial charge in [0.2, 0.25) is 5.91 Å². The number of amides is 1. The van der Waals surface area contributed by atoms with E-state index in [9.17, 15) is 4.79 Å². The standard InChI is InChI=1S/C15H30N4O.HI/c1-8-9-16-13(17-10-12(20)18(6)7)19-11-14(2,3)15(19,4)5;/h8-11H2,1-7H3,(H,16,17);1H. The molecule has 0 aliphatic carbocycles. The van der Waals surface area contributed by atoms with Crippen LogP contribution < -0.4 is 5.32 Å². The van der Waals surface area contributed by atoms with Crippen LogP contribution in [-0.2, 0) is 4.79 Å². The fraction of sp³-hybridized carbons (Fsp3) is 0.867. The summed E-state index contributed by atoms with van der Waals surface area (Å²) in [5.74, 6) is 0.879. The van der Waals surface area contributed by atoms with E-state index in [0.29, 0.717) is 0 Å². The highest BCUT2D eigenvalue weighted by atomic mass is 127. The summed E-state index contributed by atoms with van der Waals surface area (Å²) in [4.78, 5) is 20.1. The minimum atomic E-state index is 0. The fourth-order valence-corrected chi connectivity index (χ4v) is 2.16. The molecular formula is C15H31IN4O. The molecular weight excluding hydrogens is 379 g/mol. The Hall–Kier alpha value is -0.530. The van der Waals surface area contributed by atoms with Crippen molar-refractivity contribution < 1.29 is 4.79 Å². The Morgan fingerprint density at radius 3 is 2.24 bits per heavy atom. The molecule has 0 aromatic heterocycles. The van der Waals surface area contributed by atoms with E-state index in [4.69, 9.17) is 0 Å². The van der Waals surface area contributed by atoms with Crippen molar-refractivity contribution in [1.29, 1.82) is 0 Å². The number of nitrogens with one attached hydrogen (secondary N) is 1. The van der Waals surface area contributed by atoms with Crippen molar-refractivity contribution in [3.8, 4) is 0 Å². The van der Waals surface area contributed by atoms with Gasteiger partial charge < -0.3 is 15.1 Å². The molecule has 124 valence electrons. The fourth-order valence-electron chi connectivity index (χ4n) is 2.16. The van der Waals surface area contributed by atoms with E-state index < -0.39 is 0 Å². The first-order valence-electron chi connectivity index (χ1n) is 7.39. The molecule has 0 radical (unpaired) electrons. The topological polar surface area (TPSA) is 47.9 Å². The first kappa shape index (κ1) is 20.5. The van der Waals surface area contributed by atoms with Crippen LogP contribution in [0.5, 0.6) is 0 Å². The summed E-state index contributed by atoms with van der Waals surface area (Å²) < 4.78 is 0. The number of likely N-dealkylation sites (tertiary alicyclic amines) is 1. The second-order valence-corrected chi connectivity index (χ2v) is 6.88. The Morgan fingerprint density at radius 1 is 1.29 bits per heavy atom. The predicted octanol–water partition coefficient (Wildman–Crippen LogP) is 2.17. The van der Waals surface area contributed by atoms with Crippen LogP contribution in [0.15, 0.2) is 4.99 Å². The highest BCUT2D eigenvalue weighted by Crippen LogP contribution is 2.46. The molecule has 0 unspecified atom stereocenters. The lowest BCUT2D eigenvalue weighted by Crippen LogP contribution is -2.72. The molecule has 0 aromatic carbocycles. The zero-order valence-corrected chi connectivity index (χ0v) is 16.8. The number of halogens is 1. The summed E-state index contributed by atoms with van der Waals surface area (Å²) in [5.41, 5.74) is 0.307. The van der Waals surface area contributed by atoms with Crippen LogP contribution in [0.2, 0.25) is 0 Å². The van der Waals surface area contributed by atoms with Gasteiger partial charge in [0.1, 0.15) is 6.54 Å². The second kappa shape index (κ2) is 7.65. The van der Waals surface area contributed by atoms with Crippen LogP contribution in [0.3, 0.4) is 0 Å². The molecule has 6 heteroatoms. The average molecular weight is 410 g/mol. The maximum absolute atomic E-state index is 11.7. The Labute approximate surface area is 146 Å². The van der Waals surface area contributed by atoms with Crippen molar-refractivity contribution in [3.63, 3.8) is 0 Å². The van der Waals surface area contributed by atoms with Gasteiger partial charge in [-0.25, -0.2) is 4.99 Å². The summed E-state index contributed by atoms with van der Waals surface area (Å²) >= 11 is 0. The Morgan fingerprint density at radius 2 is 1.86 bits per heavy atom. The molecule has 0 bridgehead atoms. The SMILES string of the molecule is CCCNC(=NCC(=O)N(C)C)N1CC(C)(C)C1(C)C.I. The first-order valence-corrected chi connectivity index (χ1v) is 7.39. The van der Waals surface area contributed by atoms with Crippen molar-refractivity contribution in [3.05, 3.63) is 0 Å². The Balaban J connectivity index is 0.00000400. The number of carbonyl (C=O) groups is 1. The second-order valence-electron chi connectivity index (χ2n) is 6.88. The number of hydrogen-bond acceptors (Lipinski definition) is 2. The highest BCUT2D eigenvalue weighted by Gasteiger charge is 2.53. The monoisotopic (exact) mass is 410 g/mol. The molecule has 1 aliphatic heterocycles. The van der Waals surface area contributed by atoms with E-state index in [-0.39, 0.29) is 47.4 Å². The number of guanidine groups is 1. The molecule has 1 aliphatic rings. The van der Waals surface area contributed by atoms with Crippen LogP contribution in [0, 0.1) is 5.41 Å². The lowest BCUT2D eigenvalue weighted by molar-refractivity contribution is -0.127. The summed E-state index contributed by atoms with van der Waals surface area (Å²) in [6, 6.07) is 0. The normalized spacial score (nSPS) is 19.4. The number of aliphatic imine (C=N–C) groups is 1. The molecule has 1 heterocycles. The van der Waals surface area contributed by atoms with E-state index >= 15 is 0 Å². The molecule has 5 nitrogen and oxygen atoms in total. The molecule has 1 amide bonds. The maximum atomic E-state index is 11.7. The molecule has 1 saturated heterocycles. The van der Waals surface area contributed by atoms with E-state index in [0.717, 1.165) is 25.5 Å². The van der Waals surface area contributed by atoms with Crippen LogP contribution in [-0.4, -0.2) is 60.9 Å². The molecule has 1 fully saturated rings. The largest absolute Gasteiger partial charge is 0.356 e. The average Bonchev–Trinajstić information content (AvgIpc) is 2.36. The minimum Gasteiger partial charge on any atom is -0.356 e. The molecule has 0 aromatic rings. The van der Waals surface area contributed by atoms with Crippen molar-refractivity contribution in [2.45, 2.75) is 46.6 Å². The lowest BCUT2D eigenvalue weighted by atomic mass is 9.65. The van der Waals surface area contributed by atoms with Crippen LogP contribution in [0.25, 0.3) is 0 Å². The minimum absolute atomic E-state index is 0. The Kier molecular flexibility index (Phi) is 7.45. The van der Waals surface area contributed by atoms with Crippen molar-refractivity contribution in [2.75, 3.05) is 33.7 Å². The van der Waals surface area contributed by atoms with Gasteiger partial charge >= 0.3 is 0 Å². The van der Waals surface area contributed by atoms with Gasteiger partial charge in [-0.2, -0.15) is 0 Å². The van der Waals surface area contributed by atoms with E-state index in [1.54, 1.807) is 19.0 Å². The zero-order valence-electron chi connectivity index (χ0n) is 14.5. The van der Waals surface area contributed by atoms with Gasteiger partial charge in [0.25, 0.3) is 0 Å². The van der Waals surface area contributed by atoms with Gasteiger partial charge in [-0.15, -0.1) is 24.0 Å². The summed E-state index contributed by atoms with van der Waals surface area (Å²) in [6.07, 6.45) is 1.04. The van der Waals surface area contributed by atoms with Crippen molar-refractivity contribution in [2.24, 2.45) is 10.4 Å². The molecule has 1 N–H and O–H groups in total. The van der Waals surface area contributed by atoms with Gasteiger partial charge in [-0.05, 0) is 20.3 Å². The zero-order chi connectivity index (χ0) is 15.6. The third kappa shape index (κ3) is 4.47. The smallest absolute Gasteiger partial charge is 0.243 e. The van der Waals surface area contributed by atoms with Crippen LogP contribution >= 0.6 is 24.0 Å². The van der Waals surface area contributed by atoms with Gasteiger partial charge in [0.05, 0.1) is 0 Å². The lowest BCUT2D eigenvalue weighted by Gasteiger charge is -2.62. The molecule has 21 heavy (non-hydrogen) atoms. The van der Waals surface area contributed by atoms with Gasteiger partial charge in [0.15, 0.2) is 5.96 Å². The third-order valence-corrected chi connectivity index (χ3v) is 4.54. The number of nitrogens with zero attached hydrogens (tertiary/aromatic N) is 3. The number of hydrogen-bond donors (Lipinski definition) is 1. The van der Waals surface area contributed by atoms with Crippen LogP contribution in [0.4, 0.5) is 0 Å². The van der Waals surface area contributed by atoms with E-state index in [1.807, 2.05) is 0 Å². The molecule has 0 spiro atoms. The summed E-state index contributed by atoms with van der Waals surface area (Å²) in [5, 5.41) is 3.36. The van der Waals surface area contributed by atoms with E-state index in [1.165, 1.54) is 0 Å². The number of likely N-dealkylation sites (N-methyl/N-ethyl adjacent to an activating group) is 1. The molecule has 1 rings (SSSR count). The van der Waals surface area contributed by atoms with Crippen molar-refractivity contribution >= 4 is 35.8 Å². The number of rotatable bonds is 4. The first-order chi connectivity index (χ1) is 9.13. The summed E-state index contributed by atoms with van der Waals surface area (Å²) in [7, 11) is 3.52. The van der Waals surface area contributed by atoms with Gasteiger partial charge in [0, 0.05) is 38.1 Å².